The summed E-state index contributed by atoms with van der Waals surface area (Å²) in [6.07, 6.45) is 0. The lowest BCUT2D eigenvalue weighted by atomic mass is 9.61. The Kier molecular flexibility index (Phi) is 10.8. The fourth-order valence-corrected chi connectivity index (χ4v) is 18.0. The van der Waals surface area contributed by atoms with Crippen LogP contribution < -0.4 is 0 Å². The van der Waals surface area contributed by atoms with Crippen LogP contribution in [-0.2, 0) is 0 Å². The maximum atomic E-state index is 7.32. The van der Waals surface area contributed by atoms with Gasteiger partial charge in [-0.3, -0.25) is 0 Å². The lowest BCUT2D eigenvalue weighted by Crippen LogP contribution is -2.27. The van der Waals surface area contributed by atoms with Crippen LogP contribution in [0.4, 0.5) is 0 Å². The molecule has 0 amide bonds. The summed E-state index contributed by atoms with van der Waals surface area (Å²) in [5.41, 5.74) is 42.0. The van der Waals surface area contributed by atoms with Crippen molar-refractivity contribution >= 4 is 44.1 Å². The molecule has 0 saturated heterocycles. The molecule has 6 heteroatoms. The molecule has 0 unspecified atom stereocenters. The second kappa shape index (κ2) is 19.2. The quantitative estimate of drug-likeness (QED) is 0.140. The number of aromatic nitrogens is 4. The van der Waals surface area contributed by atoms with E-state index < -0.39 is 0 Å². The third-order valence-electron chi connectivity index (χ3n) is 21.1. The molecule has 90 heavy (non-hydrogen) atoms. The molecule has 0 saturated carbocycles. The van der Waals surface area contributed by atoms with Crippen molar-refractivity contribution in [3.63, 3.8) is 0 Å². The first kappa shape index (κ1) is 50.9. The summed E-state index contributed by atoms with van der Waals surface area (Å²) in [5, 5.41) is 14.6. The van der Waals surface area contributed by atoms with Crippen molar-refractivity contribution in [1.29, 1.82) is 10.5 Å². The van der Waals surface area contributed by atoms with Gasteiger partial charge in [-0.2, -0.15) is 10.5 Å². The van der Waals surface area contributed by atoms with Gasteiger partial charge in [0.25, 0.3) is 0 Å². The van der Waals surface area contributed by atoms with Gasteiger partial charge in [0.05, 0.1) is 56.3 Å². The second-order valence-electron chi connectivity index (χ2n) is 25.3. The Morgan fingerprint density at radius 3 is 0.367 bits per heavy atom. The maximum Gasteiger partial charge on any atom is 0.0897 e. The van der Waals surface area contributed by atoms with Crippen LogP contribution in [0.15, 0.2) is 243 Å². The van der Waals surface area contributed by atoms with Gasteiger partial charge in [0.1, 0.15) is 0 Å². The molecular weight excluding hydrogens is 1090 g/mol. The van der Waals surface area contributed by atoms with Gasteiger partial charge in [0.2, 0.25) is 0 Å². The number of hydrogen-bond acceptors (Lipinski definition) is 6. The molecule has 0 atom stereocenters. The number of rotatable bonds is 0. The lowest BCUT2D eigenvalue weighted by Gasteiger charge is -2.42. The molecule has 0 fully saturated rings. The maximum absolute atomic E-state index is 7.32. The topological polar surface area (TPSA) is 99.1 Å². The zero-order valence-electron chi connectivity index (χ0n) is 49.4. The Morgan fingerprint density at radius 2 is 0.278 bits per heavy atom. The fraction of sp³-hybridized carbons (Fsp3) is 0.119. The molecule has 26 rings (SSSR count). The Labute approximate surface area is 521 Å². The monoisotopic (exact) mass is 1150 g/mol. The van der Waals surface area contributed by atoms with Crippen molar-refractivity contribution < 1.29 is 0 Å². The summed E-state index contributed by atoms with van der Waals surface area (Å²) in [7, 11) is 0. The number of fused-ring (bicyclic) bond motifs is 4. The molecule has 2 heterocycles. The fourth-order valence-electron chi connectivity index (χ4n) is 18.0. The van der Waals surface area contributed by atoms with Crippen LogP contribution in [-0.4, -0.2) is 19.9 Å². The van der Waals surface area contributed by atoms with E-state index in [1.54, 1.807) is 12.1 Å². The van der Waals surface area contributed by atoms with E-state index in [-0.39, 0.29) is 47.3 Å². The van der Waals surface area contributed by atoms with Gasteiger partial charge in [-0.15, -0.1) is 0 Å². The summed E-state index contributed by atoms with van der Waals surface area (Å²) < 4.78 is 0. The van der Waals surface area contributed by atoms with E-state index in [0.29, 0.717) is 0 Å². The molecule has 2 aromatic heterocycles. The van der Waals surface area contributed by atoms with Crippen LogP contribution in [0.1, 0.15) is 195 Å². The molecule has 0 radical (unpaired) electrons. The zero-order chi connectivity index (χ0) is 59.6. The summed E-state index contributed by atoms with van der Waals surface area (Å²) in [6.45, 7) is 2.86. The highest BCUT2D eigenvalue weighted by molar-refractivity contribution is 5.93. The minimum atomic E-state index is 0.242. The molecule has 12 aromatic carbocycles. The Morgan fingerprint density at radius 1 is 0.189 bits per heavy atom. The van der Waals surface area contributed by atoms with Crippen molar-refractivity contribution in [2.75, 3.05) is 0 Å². The number of hydrogen-bond donors (Lipinski definition) is 0. The van der Waals surface area contributed by atoms with Gasteiger partial charge in [-0.1, -0.05) is 194 Å². The average molecular weight is 1150 g/mol. The van der Waals surface area contributed by atoms with Crippen molar-refractivity contribution in [3.05, 3.63) is 376 Å². The smallest absolute Gasteiger partial charge is 0.0897 e. The molecule has 12 aliphatic rings. The van der Waals surface area contributed by atoms with Crippen LogP contribution in [0.2, 0.25) is 0 Å². The van der Waals surface area contributed by atoms with Gasteiger partial charge in [0, 0.05) is 61.2 Å². The Balaban J connectivity index is 0.000000119. The largest absolute Gasteiger partial charge is 0.244 e. The third-order valence-corrected chi connectivity index (χ3v) is 21.1. The summed E-state index contributed by atoms with van der Waals surface area (Å²) in [4.78, 5) is 21.3. The summed E-state index contributed by atoms with van der Waals surface area (Å²) in [6, 6.07) is 94.3. The highest BCUT2D eigenvalue weighted by Gasteiger charge is 2.46. The Hall–Kier alpha value is -11.2. The predicted molar refractivity (Wildman–Crippen MR) is 356 cm³/mol. The molecular formula is C84H54N6. The molecule has 0 spiro atoms. The minimum Gasteiger partial charge on any atom is -0.244 e. The van der Waals surface area contributed by atoms with E-state index in [1.165, 1.54) is 147 Å². The van der Waals surface area contributed by atoms with E-state index >= 15 is 0 Å². The van der Waals surface area contributed by atoms with E-state index in [1.807, 2.05) is 0 Å². The number of nitriles is 2. The van der Waals surface area contributed by atoms with Crippen molar-refractivity contribution in [2.24, 2.45) is 0 Å². The molecule has 0 aliphatic heterocycles. The SMILES string of the molecule is CC#N.CC#N.c1ccc2c(c1)C1c3ccccc3C2c2cc3nc4cc5c(cc4nc3cc21)C1c2ccccc2C5c2ccccc21.c1ccc2c(c1)C1c3ccccc3C2c2cc3nc4cc5c(cc4nc3cc21)C1c2ccccc2C5c2ccccc21. The first-order valence-electron chi connectivity index (χ1n) is 31.4. The molecule has 12 aliphatic carbocycles. The highest BCUT2D eigenvalue weighted by Crippen LogP contribution is 2.61. The van der Waals surface area contributed by atoms with Crippen molar-refractivity contribution in [2.45, 2.75) is 61.2 Å². The molecule has 8 bridgehead atoms. The predicted octanol–water partition coefficient (Wildman–Crippen LogP) is 18.6. The van der Waals surface area contributed by atoms with Gasteiger partial charge in [0.15, 0.2) is 0 Å². The van der Waals surface area contributed by atoms with Crippen LogP contribution >= 0.6 is 0 Å². The van der Waals surface area contributed by atoms with Crippen LogP contribution in [0, 0.1) is 22.7 Å². The second-order valence-corrected chi connectivity index (χ2v) is 25.3. The number of benzene rings is 12. The molecule has 420 valence electrons. The zero-order valence-corrected chi connectivity index (χ0v) is 49.4. The van der Waals surface area contributed by atoms with Crippen LogP contribution in [0.3, 0.4) is 0 Å². The van der Waals surface area contributed by atoms with Gasteiger partial charge >= 0.3 is 0 Å². The Bertz CT molecular complexity index is 4400. The van der Waals surface area contributed by atoms with Crippen molar-refractivity contribution in [3.8, 4) is 12.1 Å². The first-order valence-corrected chi connectivity index (χ1v) is 31.4. The molecule has 6 nitrogen and oxygen atoms in total. The van der Waals surface area contributed by atoms with E-state index in [4.69, 9.17) is 30.5 Å². The normalized spacial score (nSPS) is 20.1. The van der Waals surface area contributed by atoms with Crippen LogP contribution in [0.5, 0.6) is 0 Å². The van der Waals surface area contributed by atoms with Gasteiger partial charge < -0.3 is 0 Å². The standard InChI is InChI=1S/2C40H24N2.2C2H3N/c2*1-2-10-22-21(9-1)37-23-11-3-4-12-24(23)38(22)30-18-34-33(17-29(30)37)41-35-19-31-32(20-36(35)42-34)40-27-15-7-5-13-25(27)39(31)26-14-6-8-16-28(26)40;2*1-2-3/h2*1-20,37-40H;2*1H3. The minimum absolute atomic E-state index is 0.242. The van der Waals surface area contributed by atoms with E-state index in [0.717, 1.165) is 44.1 Å². The molecule has 14 aromatic rings. The van der Waals surface area contributed by atoms with Crippen molar-refractivity contribution in [1.82, 2.24) is 19.9 Å². The van der Waals surface area contributed by atoms with E-state index in [9.17, 15) is 0 Å². The average Bonchev–Trinajstić information content (AvgIpc) is 0.726. The molecule has 0 N–H and O–H groups in total. The third kappa shape index (κ3) is 6.91. The summed E-state index contributed by atoms with van der Waals surface area (Å²) >= 11 is 0. The highest BCUT2D eigenvalue weighted by atomic mass is 14.8. The van der Waals surface area contributed by atoms with Gasteiger partial charge in [-0.25, -0.2) is 19.9 Å². The lowest BCUT2D eigenvalue weighted by molar-refractivity contribution is 0.755. The number of nitrogens with zero attached hydrogens (tertiary/aromatic N) is 6. The first-order chi connectivity index (χ1) is 44.5. The summed E-state index contributed by atoms with van der Waals surface area (Å²) in [5.74, 6) is 1.94. The van der Waals surface area contributed by atoms with Gasteiger partial charge in [-0.05, 0) is 182 Å². The van der Waals surface area contributed by atoms with Crippen LogP contribution in [0.25, 0.3) is 44.1 Å². The van der Waals surface area contributed by atoms with E-state index in [2.05, 4.69) is 243 Å².